The van der Waals surface area contributed by atoms with E-state index < -0.39 is 9.84 Å². The highest BCUT2D eigenvalue weighted by atomic mass is 32.2. The van der Waals surface area contributed by atoms with Gasteiger partial charge in [-0.1, -0.05) is 12.1 Å². The second-order valence-corrected chi connectivity index (χ2v) is 7.58. The third-order valence-electron chi connectivity index (χ3n) is 3.35. The molecule has 2 aromatic carbocycles. The Bertz CT molecular complexity index is 936. The zero-order valence-corrected chi connectivity index (χ0v) is 15.0. The van der Waals surface area contributed by atoms with Gasteiger partial charge in [-0.3, -0.25) is 0 Å². The summed E-state index contributed by atoms with van der Waals surface area (Å²) in [6, 6.07) is 16.1. The Kier molecular flexibility index (Phi) is 5.67. The maximum absolute atomic E-state index is 11.4. The van der Waals surface area contributed by atoms with Crippen LogP contribution in [0.3, 0.4) is 0 Å². The summed E-state index contributed by atoms with van der Waals surface area (Å²) < 4.78 is 22.9. The predicted octanol–water partition coefficient (Wildman–Crippen LogP) is 4.08. The SMILES string of the molecule is CN(C)c1ccc(N=Nc2ccc(C=C(C#N)S(C)(=O)=O)cc2)cc1. The van der Waals surface area contributed by atoms with Crippen LogP contribution < -0.4 is 4.90 Å². The predicted molar refractivity (Wildman–Crippen MR) is 99.8 cm³/mol. The minimum Gasteiger partial charge on any atom is -0.378 e. The number of allylic oxidation sites excluding steroid dienone is 1. The molecule has 0 bridgehead atoms. The fourth-order valence-corrected chi connectivity index (χ4v) is 2.46. The van der Waals surface area contributed by atoms with E-state index in [1.165, 1.54) is 6.08 Å². The molecule has 2 rings (SSSR count). The van der Waals surface area contributed by atoms with E-state index in [0.29, 0.717) is 11.3 Å². The minimum absolute atomic E-state index is 0.275. The quantitative estimate of drug-likeness (QED) is 0.598. The van der Waals surface area contributed by atoms with Gasteiger partial charge in [-0.2, -0.15) is 15.5 Å². The lowest BCUT2D eigenvalue weighted by atomic mass is 10.2. The van der Waals surface area contributed by atoms with Crippen LogP contribution in [0.25, 0.3) is 6.08 Å². The van der Waals surface area contributed by atoms with Crippen molar-refractivity contribution in [2.24, 2.45) is 10.2 Å². The lowest BCUT2D eigenvalue weighted by Crippen LogP contribution is -2.07. The first-order valence-corrected chi connectivity index (χ1v) is 9.30. The van der Waals surface area contributed by atoms with E-state index in [1.807, 2.05) is 43.3 Å². The first kappa shape index (κ1) is 18.4. The molecule has 0 aliphatic heterocycles. The zero-order chi connectivity index (χ0) is 18.4. The highest BCUT2D eigenvalue weighted by Gasteiger charge is 2.10. The Morgan fingerprint density at radius 3 is 1.88 bits per heavy atom. The fraction of sp³-hybridized carbons (Fsp3) is 0.167. The number of rotatable bonds is 5. The molecule has 0 radical (unpaired) electrons. The molecular weight excluding hydrogens is 336 g/mol. The number of hydrogen-bond acceptors (Lipinski definition) is 6. The molecule has 0 unspecified atom stereocenters. The molecule has 0 atom stereocenters. The molecule has 128 valence electrons. The highest BCUT2D eigenvalue weighted by molar-refractivity contribution is 7.95. The summed E-state index contributed by atoms with van der Waals surface area (Å²) in [7, 11) is 0.408. The van der Waals surface area contributed by atoms with Crippen molar-refractivity contribution in [1.29, 1.82) is 5.26 Å². The van der Waals surface area contributed by atoms with Gasteiger partial charge >= 0.3 is 0 Å². The van der Waals surface area contributed by atoms with Gasteiger partial charge in [0.2, 0.25) is 0 Å². The van der Waals surface area contributed by atoms with Crippen LogP contribution >= 0.6 is 0 Å². The number of sulfone groups is 1. The maximum Gasteiger partial charge on any atom is 0.185 e. The molecular formula is C18H18N4O2S. The number of nitriles is 1. The molecule has 0 amide bonds. The molecule has 0 N–H and O–H groups in total. The second-order valence-electron chi connectivity index (χ2n) is 5.59. The number of hydrogen-bond donors (Lipinski definition) is 0. The van der Waals surface area contributed by atoms with Crippen molar-refractivity contribution in [1.82, 2.24) is 0 Å². The molecule has 25 heavy (non-hydrogen) atoms. The standard InChI is InChI=1S/C18H18N4O2S/c1-22(2)17-10-8-16(9-11-17)21-20-15-6-4-14(5-7-15)12-18(13-19)25(3,23)24/h4-12H,1-3H3. The van der Waals surface area contributed by atoms with Crippen LogP contribution in [0.15, 0.2) is 63.7 Å². The Morgan fingerprint density at radius 2 is 1.48 bits per heavy atom. The Hall–Kier alpha value is -2.98. The Morgan fingerprint density at radius 1 is 1.00 bits per heavy atom. The number of anilines is 1. The maximum atomic E-state index is 11.4. The monoisotopic (exact) mass is 354 g/mol. The van der Waals surface area contributed by atoms with Crippen molar-refractivity contribution in [3.05, 3.63) is 59.0 Å². The van der Waals surface area contributed by atoms with Gasteiger partial charge in [0.1, 0.15) is 11.0 Å². The summed E-state index contributed by atoms with van der Waals surface area (Å²) in [4.78, 5) is 1.72. The lowest BCUT2D eigenvalue weighted by molar-refractivity contribution is 0.609. The van der Waals surface area contributed by atoms with E-state index in [9.17, 15) is 8.42 Å². The molecule has 0 spiro atoms. The normalized spacial score (nSPS) is 12.2. The Labute approximate surface area is 147 Å². The van der Waals surface area contributed by atoms with Crippen LogP contribution in [-0.4, -0.2) is 28.8 Å². The van der Waals surface area contributed by atoms with Gasteiger partial charge in [0.25, 0.3) is 0 Å². The van der Waals surface area contributed by atoms with Gasteiger partial charge in [0, 0.05) is 26.0 Å². The zero-order valence-electron chi connectivity index (χ0n) is 14.2. The molecule has 0 saturated carbocycles. The van der Waals surface area contributed by atoms with E-state index >= 15 is 0 Å². The van der Waals surface area contributed by atoms with Crippen LogP contribution in [-0.2, 0) is 9.84 Å². The van der Waals surface area contributed by atoms with E-state index in [-0.39, 0.29) is 4.91 Å². The summed E-state index contributed by atoms with van der Waals surface area (Å²) in [5.74, 6) is 0. The summed E-state index contributed by atoms with van der Waals surface area (Å²) in [5.41, 5.74) is 3.05. The third-order valence-corrected chi connectivity index (χ3v) is 4.36. The van der Waals surface area contributed by atoms with Crippen LogP contribution in [0, 0.1) is 11.3 Å². The number of benzene rings is 2. The second kappa shape index (κ2) is 7.73. The van der Waals surface area contributed by atoms with Crippen LogP contribution in [0.5, 0.6) is 0 Å². The molecule has 0 fully saturated rings. The average Bonchev–Trinajstić information content (AvgIpc) is 2.58. The van der Waals surface area contributed by atoms with Gasteiger partial charge < -0.3 is 4.90 Å². The van der Waals surface area contributed by atoms with Gasteiger partial charge in [-0.05, 0) is 48.0 Å². The summed E-state index contributed by atoms with van der Waals surface area (Å²) >= 11 is 0. The molecule has 2 aromatic rings. The largest absolute Gasteiger partial charge is 0.378 e. The van der Waals surface area contributed by atoms with E-state index in [2.05, 4.69) is 10.2 Å². The molecule has 0 aliphatic carbocycles. The van der Waals surface area contributed by atoms with Crippen molar-refractivity contribution in [3.63, 3.8) is 0 Å². The minimum atomic E-state index is -3.52. The molecule has 7 heteroatoms. The van der Waals surface area contributed by atoms with Gasteiger partial charge in [0.05, 0.1) is 11.4 Å². The van der Waals surface area contributed by atoms with Crippen molar-refractivity contribution in [2.45, 2.75) is 0 Å². The van der Waals surface area contributed by atoms with Gasteiger partial charge in [-0.15, -0.1) is 0 Å². The third kappa shape index (κ3) is 5.26. The molecule has 6 nitrogen and oxygen atoms in total. The summed E-state index contributed by atoms with van der Waals surface area (Å²) in [6.07, 6.45) is 2.34. The van der Waals surface area contributed by atoms with Crippen LogP contribution in [0.1, 0.15) is 5.56 Å². The van der Waals surface area contributed by atoms with Crippen LogP contribution in [0.4, 0.5) is 17.1 Å². The first-order chi connectivity index (χ1) is 11.8. The first-order valence-electron chi connectivity index (χ1n) is 7.40. The molecule has 0 aliphatic rings. The fourth-order valence-electron chi connectivity index (χ4n) is 1.94. The topological polar surface area (TPSA) is 85.9 Å². The van der Waals surface area contributed by atoms with Gasteiger partial charge in [-0.25, -0.2) is 8.42 Å². The van der Waals surface area contributed by atoms with E-state index in [1.54, 1.807) is 30.3 Å². The number of azo groups is 1. The molecule has 0 heterocycles. The smallest absolute Gasteiger partial charge is 0.185 e. The van der Waals surface area contributed by atoms with Crippen molar-refractivity contribution in [2.75, 3.05) is 25.3 Å². The van der Waals surface area contributed by atoms with Gasteiger partial charge in [0.15, 0.2) is 9.84 Å². The van der Waals surface area contributed by atoms with Crippen LogP contribution in [0.2, 0.25) is 0 Å². The van der Waals surface area contributed by atoms with Crippen molar-refractivity contribution < 1.29 is 8.42 Å². The summed E-state index contributed by atoms with van der Waals surface area (Å²) in [5, 5.41) is 17.2. The van der Waals surface area contributed by atoms with Crippen molar-refractivity contribution >= 4 is 33.0 Å². The van der Waals surface area contributed by atoms with Crippen molar-refractivity contribution in [3.8, 4) is 6.07 Å². The molecule has 0 saturated heterocycles. The molecule has 0 aromatic heterocycles. The summed E-state index contributed by atoms with van der Waals surface area (Å²) in [6.45, 7) is 0. The number of nitrogens with zero attached hydrogens (tertiary/aromatic N) is 4. The average molecular weight is 354 g/mol. The lowest BCUT2D eigenvalue weighted by Gasteiger charge is -2.11. The van der Waals surface area contributed by atoms with E-state index in [4.69, 9.17) is 5.26 Å². The van der Waals surface area contributed by atoms with E-state index in [0.717, 1.165) is 17.6 Å². The highest BCUT2D eigenvalue weighted by Crippen LogP contribution is 2.22. The Balaban J connectivity index is 2.15.